The maximum absolute atomic E-state index is 13.4. The van der Waals surface area contributed by atoms with E-state index in [9.17, 15) is 4.39 Å². The topological polar surface area (TPSA) is 37.3 Å². The number of hydrogen-bond acceptors (Lipinski definition) is 4. The smallest absolute Gasteiger partial charge is 0.203 e. The predicted molar refractivity (Wildman–Crippen MR) is 101 cm³/mol. The molecule has 0 bridgehead atoms. The molecule has 1 N–H and O–H groups in total. The van der Waals surface area contributed by atoms with E-state index in [-0.39, 0.29) is 5.82 Å². The molecule has 23 heavy (non-hydrogen) atoms. The molecule has 0 fully saturated rings. The van der Waals surface area contributed by atoms with E-state index in [1.807, 2.05) is 35.7 Å². The van der Waals surface area contributed by atoms with Crippen LogP contribution < -0.4 is 5.43 Å². The monoisotopic (exact) mass is 453 g/mol. The molecule has 0 unspecified atom stereocenters. The van der Waals surface area contributed by atoms with Crippen molar-refractivity contribution in [1.29, 1.82) is 0 Å². The number of hydrazone groups is 1. The molecule has 116 valence electrons. The molecule has 3 aromatic rings. The third-order valence-electron chi connectivity index (χ3n) is 2.98. The average molecular weight is 455 g/mol. The quantitative estimate of drug-likeness (QED) is 0.301. The van der Waals surface area contributed by atoms with E-state index < -0.39 is 0 Å². The van der Waals surface area contributed by atoms with Crippen molar-refractivity contribution in [3.8, 4) is 11.3 Å². The van der Waals surface area contributed by atoms with Crippen LogP contribution in [0.1, 0.15) is 5.56 Å². The summed E-state index contributed by atoms with van der Waals surface area (Å²) in [6.07, 6.45) is 1.61. The highest BCUT2D eigenvalue weighted by molar-refractivity contribution is 9.11. The molecule has 3 nitrogen and oxygen atoms in total. The average Bonchev–Trinajstić information content (AvgIpc) is 3.02. The summed E-state index contributed by atoms with van der Waals surface area (Å²) in [6.45, 7) is 0. The van der Waals surface area contributed by atoms with Crippen molar-refractivity contribution in [2.24, 2.45) is 5.10 Å². The summed E-state index contributed by atoms with van der Waals surface area (Å²) < 4.78 is 14.4. The van der Waals surface area contributed by atoms with Gasteiger partial charge in [-0.05, 0) is 28.1 Å². The Balaban J connectivity index is 1.72. The Bertz CT molecular complexity index is 850. The van der Waals surface area contributed by atoms with Gasteiger partial charge < -0.3 is 0 Å². The van der Waals surface area contributed by atoms with Gasteiger partial charge in [0.15, 0.2) is 0 Å². The van der Waals surface area contributed by atoms with Gasteiger partial charge in [0.05, 0.1) is 16.4 Å². The molecular formula is C16H10Br2FN3S. The first-order valence-corrected chi connectivity index (χ1v) is 9.04. The van der Waals surface area contributed by atoms with Crippen LogP contribution in [-0.2, 0) is 0 Å². The molecular weight excluding hydrogens is 445 g/mol. The highest BCUT2D eigenvalue weighted by Crippen LogP contribution is 2.25. The summed E-state index contributed by atoms with van der Waals surface area (Å²) in [5.41, 5.74) is 5.61. The van der Waals surface area contributed by atoms with Gasteiger partial charge in [-0.2, -0.15) is 5.10 Å². The van der Waals surface area contributed by atoms with Gasteiger partial charge in [0.2, 0.25) is 5.13 Å². The third kappa shape index (κ3) is 4.04. The van der Waals surface area contributed by atoms with Crippen LogP contribution in [0.3, 0.4) is 0 Å². The molecule has 0 amide bonds. The first-order valence-electron chi connectivity index (χ1n) is 6.58. The molecule has 1 heterocycles. The van der Waals surface area contributed by atoms with Crippen molar-refractivity contribution in [1.82, 2.24) is 4.98 Å². The van der Waals surface area contributed by atoms with Crippen molar-refractivity contribution < 1.29 is 4.39 Å². The molecule has 0 aliphatic carbocycles. The van der Waals surface area contributed by atoms with Crippen molar-refractivity contribution in [2.75, 3.05) is 5.43 Å². The summed E-state index contributed by atoms with van der Waals surface area (Å²) >= 11 is 7.94. The van der Waals surface area contributed by atoms with Crippen molar-refractivity contribution in [2.45, 2.75) is 0 Å². The Kier molecular flexibility index (Phi) is 5.20. The highest BCUT2D eigenvalue weighted by Gasteiger charge is 2.05. The number of nitrogens with zero attached hydrogens (tertiary/aromatic N) is 2. The summed E-state index contributed by atoms with van der Waals surface area (Å²) in [6, 6.07) is 13.0. The zero-order valence-corrected chi connectivity index (χ0v) is 15.6. The third-order valence-corrected chi connectivity index (χ3v) is 5.02. The first-order chi connectivity index (χ1) is 11.1. The van der Waals surface area contributed by atoms with E-state index in [1.54, 1.807) is 12.3 Å². The predicted octanol–water partition coefficient (Wildman–Crippen LogP) is 5.92. The minimum Gasteiger partial charge on any atom is -0.253 e. The number of rotatable bonds is 4. The number of halogens is 3. The zero-order valence-electron chi connectivity index (χ0n) is 11.6. The molecule has 2 aromatic carbocycles. The Morgan fingerprint density at radius 1 is 1.13 bits per heavy atom. The van der Waals surface area contributed by atoms with Crippen LogP contribution in [0, 0.1) is 5.82 Å². The lowest BCUT2D eigenvalue weighted by atomic mass is 10.2. The number of anilines is 1. The van der Waals surface area contributed by atoms with E-state index >= 15 is 0 Å². The van der Waals surface area contributed by atoms with E-state index in [4.69, 9.17) is 0 Å². The zero-order chi connectivity index (χ0) is 16.2. The van der Waals surface area contributed by atoms with Crippen LogP contribution in [0.15, 0.2) is 61.9 Å². The lowest BCUT2D eigenvalue weighted by molar-refractivity contribution is 0.620. The number of aromatic nitrogens is 1. The second-order valence-electron chi connectivity index (χ2n) is 4.56. The fraction of sp³-hybridized carbons (Fsp3) is 0. The number of thiazole rings is 1. The maximum Gasteiger partial charge on any atom is 0.203 e. The molecule has 0 aliphatic heterocycles. The fourth-order valence-electron chi connectivity index (χ4n) is 1.86. The van der Waals surface area contributed by atoms with E-state index in [2.05, 4.69) is 47.4 Å². The summed E-state index contributed by atoms with van der Waals surface area (Å²) in [7, 11) is 0. The largest absolute Gasteiger partial charge is 0.253 e. The Hall–Kier alpha value is -1.57. The van der Waals surface area contributed by atoms with Gasteiger partial charge in [0.1, 0.15) is 5.82 Å². The lowest BCUT2D eigenvalue weighted by Gasteiger charge is -2.01. The molecule has 3 rings (SSSR count). The Labute approximate surface area is 153 Å². The van der Waals surface area contributed by atoms with E-state index in [0.717, 1.165) is 16.8 Å². The van der Waals surface area contributed by atoms with Gasteiger partial charge in [-0.15, -0.1) is 11.3 Å². The molecule has 0 atom stereocenters. The van der Waals surface area contributed by atoms with Gasteiger partial charge in [0.25, 0.3) is 0 Å². The van der Waals surface area contributed by atoms with Gasteiger partial charge in [0, 0.05) is 21.0 Å². The minimum absolute atomic E-state index is 0.325. The van der Waals surface area contributed by atoms with Gasteiger partial charge in [-0.25, -0.2) is 9.37 Å². The van der Waals surface area contributed by atoms with E-state index in [0.29, 0.717) is 14.1 Å². The Morgan fingerprint density at radius 3 is 2.70 bits per heavy atom. The molecule has 0 saturated carbocycles. The molecule has 0 aliphatic rings. The van der Waals surface area contributed by atoms with Crippen LogP contribution in [0.5, 0.6) is 0 Å². The molecule has 0 saturated heterocycles. The highest BCUT2D eigenvalue weighted by atomic mass is 79.9. The molecule has 7 heteroatoms. The van der Waals surface area contributed by atoms with Crippen LogP contribution in [-0.4, -0.2) is 11.2 Å². The number of nitrogens with one attached hydrogen (secondary N) is 1. The van der Waals surface area contributed by atoms with Gasteiger partial charge in [-0.3, -0.25) is 5.43 Å². The van der Waals surface area contributed by atoms with Crippen LogP contribution in [0.4, 0.5) is 9.52 Å². The van der Waals surface area contributed by atoms with Crippen LogP contribution in [0.25, 0.3) is 11.3 Å². The summed E-state index contributed by atoms with van der Waals surface area (Å²) in [5, 5.41) is 6.81. The van der Waals surface area contributed by atoms with E-state index in [1.165, 1.54) is 17.4 Å². The molecule has 1 aromatic heterocycles. The van der Waals surface area contributed by atoms with Gasteiger partial charge in [-0.1, -0.05) is 46.3 Å². The van der Waals surface area contributed by atoms with Crippen molar-refractivity contribution in [3.05, 3.63) is 68.2 Å². The van der Waals surface area contributed by atoms with Crippen molar-refractivity contribution in [3.63, 3.8) is 0 Å². The second-order valence-corrected chi connectivity index (χ2v) is 7.13. The summed E-state index contributed by atoms with van der Waals surface area (Å²) in [4.78, 5) is 4.48. The summed E-state index contributed by atoms with van der Waals surface area (Å²) in [5.74, 6) is -0.325. The maximum atomic E-state index is 13.4. The normalized spacial score (nSPS) is 11.1. The standard InChI is InChI=1S/C16H10Br2FN3S/c17-12-7-14(19)13(18)6-11(12)8-20-22-16-21-15(9-23-16)10-4-2-1-3-5-10/h1-9H,(H,21,22). The first kappa shape index (κ1) is 16.3. The SMILES string of the molecule is Fc1cc(Br)c(C=NNc2nc(-c3ccccc3)cs2)cc1Br. The van der Waals surface area contributed by atoms with Crippen LogP contribution >= 0.6 is 43.2 Å². The fourth-order valence-corrected chi connectivity index (χ4v) is 3.31. The minimum atomic E-state index is -0.325. The molecule has 0 spiro atoms. The number of hydrogen-bond donors (Lipinski definition) is 1. The Morgan fingerprint density at radius 2 is 1.91 bits per heavy atom. The van der Waals surface area contributed by atoms with Gasteiger partial charge >= 0.3 is 0 Å². The lowest BCUT2D eigenvalue weighted by Crippen LogP contribution is -1.92. The number of benzene rings is 2. The second kappa shape index (κ2) is 7.33. The van der Waals surface area contributed by atoms with Crippen LogP contribution in [0.2, 0.25) is 0 Å². The van der Waals surface area contributed by atoms with Crippen molar-refractivity contribution >= 4 is 54.5 Å². The molecule has 0 radical (unpaired) electrons.